The van der Waals surface area contributed by atoms with Crippen molar-refractivity contribution in [2.75, 3.05) is 6.61 Å². The number of rotatable bonds is 7. The topological polar surface area (TPSA) is 46.5 Å². The van der Waals surface area contributed by atoms with Crippen LogP contribution >= 0.6 is 0 Å². The van der Waals surface area contributed by atoms with Crippen LogP contribution in [0.3, 0.4) is 0 Å². The van der Waals surface area contributed by atoms with E-state index in [4.69, 9.17) is 4.74 Å². The van der Waals surface area contributed by atoms with Crippen LogP contribution < -0.4 is 4.74 Å². The highest BCUT2D eigenvalue weighted by atomic mass is 16.5. The molecule has 0 aliphatic rings. The van der Waals surface area contributed by atoms with Crippen molar-refractivity contribution in [3.63, 3.8) is 0 Å². The minimum atomic E-state index is -0.155. The van der Waals surface area contributed by atoms with Crippen LogP contribution in [0.15, 0.2) is 24.8 Å². The number of phenolic OH excluding ortho intramolecular Hbond substituents is 1. The number of aromatic hydroxyl groups is 1. The maximum Gasteiger partial charge on any atom is 0.163 e. The van der Waals surface area contributed by atoms with Gasteiger partial charge < -0.3 is 9.84 Å². The quantitative estimate of drug-likeness (QED) is 0.456. The first-order valence-corrected chi connectivity index (χ1v) is 6.20. The molecule has 0 unspecified atom stereocenters. The summed E-state index contributed by atoms with van der Waals surface area (Å²) in [6, 6.07) is 3.20. The third kappa shape index (κ3) is 3.62. The van der Waals surface area contributed by atoms with E-state index in [1.807, 2.05) is 0 Å². The van der Waals surface area contributed by atoms with Gasteiger partial charge in [-0.25, -0.2) is 0 Å². The lowest BCUT2D eigenvalue weighted by atomic mass is 10.0. The summed E-state index contributed by atoms with van der Waals surface area (Å²) in [5.41, 5.74) is 1.21. The second kappa shape index (κ2) is 6.84. The largest absolute Gasteiger partial charge is 0.507 e. The van der Waals surface area contributed by atoms with E-state index in [0.29, 0.717) is 24.3 Å². The van der Waals surface area contributed by atoms with Crippen molar-refractivity contribution < 1.29 is 14.6 Å². The minimum absolute atomic E-state index is 0.0261. The molecule has 3 heteroatoms. The average Bonchev–Trinajstić information content (AvgIpc) is 2.32. The van der Waals surface area contributed by atoms with Crippen LogP contribution in [-0.4, -0.2) is 17.5 Å². The first-order chi connectivity index (χ1) is 8.60. The molecule has 0 heterocycles. The standard InChI is InChI=1S/C15H20O3/c1-4-6-8-18-15-10-14(17)13(11(3)16)9-12(15)7-5-2/h5,9-10,17H,2,4,6-8H2,1,3H3. The zero-order valence-corrected chi connectivity index (χ0v) is 11.0. The summed E-state index contributed by atoms with van der Waals surface area (Å²) in [7, 11) is 0. The van der Waals surface area contributed by atoms with Crippen LogP contribution in [0, 0.1) is 0 Å². The summed E-state index contributed by atoms with van der Waals surface area (Å²) >= 11 is 0. The first kappa shape index (κ1) is 14.3. The molecule has 1 rings (SSSR count). The molecule has 0 amide bonds. The fourth-order valence-electron chi connectivity index (χ4n) is 1.67. The van der Waals surface area contributed by atoms with Crippen LogP contribution in [0.25, 0.3) is 0 Å². The van der Waals surface area contributed by atoms with E-state index < -0.39 is 0 Å². The van der Waals surface area contributed by atoms with E-state index in [2.05, 4.69) is 13.5 Å². The molecule has 1 aromatic rings. The first-order valence-electron chi connectivity index (χ1n) is 6.20. The second-order valence-corrected chi connectivity index (χ2v) is 4.23. The maximum atomic E-state index is 11.4. The number of Topliss-reactive ketones (excluding diaryl/α,β-unsaturated/α-hetero) is 1. The van der Waals surface area contributed by atoms with Gasteiger partial charge in [0.05, 0.1) is 12.2 Å². The van der Waals surface area contributed by atoms with Gasteiger partial charge in [0, 0.05) is 6.07 Å². The second-order valence-electron chi connectivity index (χ2n) is 4.23. The van der Waals surface area contributed by atoms with E-state index in [0.717, 1.165) is 18.4 Å². The molecular weight excluding hydrogens is 228 g/mol. The summed E-state index contributed by atoms with van der Waals surface area (Å²) in [4.78, 5) is 11.4. The lowest BCUT2D eigenvalue weighted by Gasteiger charge is -2.12. The molecule has 18 heavy (non-hydrogen) atoms. The summed E-state index contributed by atoms with van der Waals surface area (Å²) in [6.07, 6.45) is 4.38. The van der Waals surface area contributed by atoms with Crippen LogP contribution in [0.1, 0.15) is 42.6 Å². The summed E-state index contributed by atoms with van der Waals surface area (Å²) < 4.78 is 5.63. The summed E-state index contributed by atoms with van der Waals surface area (Å²) in [5.74, 6) is 0.450. The Hall–Kier alpha value is -1.77. The van der Waals surface area contributed by atoms with E-state index in [-0.39, 0.29) is 11.5 Å². The van der Waals surface area contributed by atoms with Gasteiger partial charge in [-0.3, -0.25) is 4.79 Å². The van der Waals surface area contributed by atoms with E-state index in [1.54, 1.807) is 12.1 Å². The molecule has 3 nitrogen and oxygen atoms in total. The third-order valence-electron chi connectivity index (χ3n) is 2.68. The van der Waals surface area contributed by atoms with Crippen molar-refractivity contribution in [3.05, 3.63) is 35.9 Å². The molecule has 0 fully saturated rings. The molecule has 0 radical (unpaired) electrons. The Labute approximate surface area is 108 Å². The van der Waals surface area contributed by atoms with Gasteiger partial charge in [0.2, 0.25) is 0 Å². The molecule has 98 valence electrons. The van der Waals surface area contributed by atoms with E-state index in [9.17, 15) is 9.90 Å². The van der Waals surface area contributed by atoms with Crippen molar-refractivity contribution in [2.45, 2.75) is 33.1 Å². The molecular formula is C15H20O3. The smallest absolute Gasteiger partial charge is 0.163 e. The normalized spacial score (nSPS) is 10.1. The van der Waals surface area contributed by atoms with Gasteiger partial charge >= 0.3 is 0 Å². The average molecular weight is 248 g/mol. The Balaban J connectivity index is 3.03. The molecule has 1 N–H and O–H groups in total. The Bertz CT molecular complexity index is 436. The molecule has 1 aromatic carbocycles. The van der Waals surface area contributed by atoms with E-state index >= 15 is 0 Å². The Kier molecular flexibility index (Phi) is 5.43. The van der Waals surface area contributed by atoms with Gasteiger partial charge in [-0.05, 0) is 31.4 Å². The van der Waals surface area contributed by atoms with Gasteiger partial charge in [0.25, 0.3) is 0 Å². The maximum absolute atomic E-state index is 11.4. The fourth-order valence-corrected chi connectivity index (χ4v) is 1.67. The number of ketones is 1. The number of phenols is 1. The van der Waals surface area contributed by atoms with E-state index in [1.165, 1.54) is 13.0 Å². The highest BCUT2D eigenvalue weighted by Crippen LogP contribution is 2.29. The number of hydrogen-bond donors (Lipinski definition) is 1. The van der Waals surface area contributed by atoms with Crippen LogP contribution in [0.4, 0.5) is 0 Å². The van der Waals surface area contributed by atoms with Crippen LogP contribution in [0.5, 0.6) is 11.5 Å². The zero-order chi connectivity index (χ0) is 13.5. The molecule has 0 atom stereocenters. The third-order valence-corrected chi connectivity index (χ3v) is 2.68. The number of carbonyl (C=O) groups is 1. The molecule has 0 spiro atoms. The number of unbranched alkanes of at least 4 members (excludes halogenated alkanes) is 1. The van der Waals surface area contributed by atoms with Gasteiger partial charge in [-0.1, -0.05) is 19.4 Å². The molecule has 0 aromatic heterocycles. The Morgan fingerprint density at radius 1 is 1.50 bits per heavy atom. The summed E-state index contributed by atoms with van der Waals surface area (Å²) in [6.45, 7) is 7.82. The number of hydrogen-bond acceptors (Lipinski definition) is 3. The molecule has 0 aliphatic heterocycles. The monoisotopic (exact) mass is 248 g/mol. The van der Waals surface area contributed by atoms with Crippen molar-refractivity contribution in [1.29, 1.82) is 0 Å². The Morgan fingerprint density at radius 2 is 2.22 bits per heavy atom. The molecule has 0 saturated carbocycles. The SMILES string of the molecule is C=CCc1cc(C(C)=O)c(O)cc1OCCCC. The summed E-state index contributed by atoms with van der Waals surface area (Å²) in [5, 5.41) is 9.78. The minimum Gasteiger partial charge on any atom is -0.507 e. The fraction of sp³-hybridized carbons (Fsp3) is 0.400. The molecule has 0 bridgehead atoms. The van der Waals surface area contributed by atoms with Crippen molar-refractivity contribution in [3.8, 4) is 11.5 Å². The molecule has 0 saturated heterocycles. The Morgan fingerprint density at radius 3 is 2.78 bits per heavy atom. The highest BCUT2D eigenvalue weighted by molar-refractivity contribution is 5.97. The lowest BCUT2D eigenvalue weighted by Crippen LogP contribution is -2.02. The predicted octanol–water partition coefficient (Wildman–Crippen LogP) is 3.50. The lowest BCUT2D eigenvalue weighted by molar-refractivity contribution is 0.101. The van der Waals surface area contributed by atoms with Crippen molar-refractivity contribution in [2.24, 2.45) is 0 Å². The molecule has 0 aliphatic carbocycles. The van der Waals surface area contributed by atoms with Crippen LogP contribution in [0.2, 0.25) is 0 Å². The van der Waals surface area contributed by atoms with Crippen LogP contribution in [-0.2, 0) is 6.42 Å². The number of ether oxygens (including phenoxy) is 1. The van der Waals surface area contributed by atoms with Gasteiger partial charge in [0.1, 0.15) is 11.5 Å². The van der Waals surface area contributed by atoms with Gasteiger partial charge in [-0.2, -0.15) is 0 Å². The highest BCUT2D eigenvalue weighted by Gasteiger charge is 2.12. The predicted molar refractivity (Wildman–Crippen MR) is 72.4 cm³/mol. The van der Waals surface area contributed by atoms with Gasteiger partial charge in [0.15, 0.2) is 5.78 Å². The van der Waals surface area contributed by atoms with Crippen molar-refractivity contribution in [1.82, 2.24) is 0 Å². The number of benzene rings is 1. The number of carbonyl (C=O) groups excluding carboxylic acids is 1. The zero-order valence-electron chi connectivity index (χ0n) is 11.0. The number of allylic oxidation sites excluding steroid dienone is 1. The van der Waals surface area contributed by atoms with Crippen molar-refractivity contribution >= 4 is 5.78 Å². The van der Waals surface area contributed by atoms with Gasteiger partial charge in [-0.15, -0.1) is 6.58 Å².